The van der Waals surface area contributed by atoms with Gasteiger partial charge in [-0.05, 0) is 55.8 Å². The van der Waals surface area contributed by atoms with Crippen molar-refractivity contribution < 1.29 is 23.9 Å². The molecule has 0 saturated heterocycles. The van der Waals surface area contributed by atoms with Crippen LogP contribution in [0.2, 0.25) is 0 Å². The second-order valence-corrected chi connectivity index (χ2v) is 8.92. The fourth-order valence-corrected chi connectivity index (χ4v) is 4.06. The van der Waals surface area contributed by atoms with Gasteiger partial charge in [-0.25, -0.2) is 4.79 Å². The van der Waals surface area contributed by atoms with Crippen LogP contribution in [0, 0.1) is 0 Å². The third kappa shape index (κ3) is 6.20. The molecule has 0 radical (unpaired) electrons. The minimum absolute atomic E-state index is 0.0550. The van der Waals surface area contributed by atoms with E-state index in [2.05, 4.69) is 17.6 Å². The van der Waals surface area contributed by atoms with Gasteiger partial charge in [0, 0.05) is 22.6 Å². The van der Waals surface area contributed by atoms with E-state index in [-0.39, 0.29) is 28.4 Å². The van der Waals surface area contributed by atoms with Gasteiger partial charge in [-0.2, -0.15) is 0 Å². The lowest BCUT2D eigenvalue weighted by atomic mass is 10.1. The van der Waals surface area contributed by atoms with Crippen molar-refractivity contribution in [1.29, 1.82) is 0 Å². The normalized spacial score (nSPS) is 14.8. The molecule has 2 amide bonds. The van der Waals surface area contributed by atoms with E-state index in [4.69, 9.17) is 4.74 Å². The zero-order valence-electron chi connectivity index (χ0n) is 18.1. The highest BCUT2D eigenvalue weighted by molar-refractivity contribution is 8.00. The Hall–Kier alpha value is -3.13. The molecule has 0 fully saturated rings. The monoisotopic (exact) mass is 454 g/mol. The number of fused-ring (bicyclic) bond motifs is 1. The van der Waals surface area contributed by atoms with Crippen LogP contribution in [0.4, 0.5) is 11.4 Å². The number of anilines is 2. The van der Waals surface area contributed by atoms with Gasteiger partial charge in [0.05, 0.1) is 16.5 Å². The molecule has 1 aliphatic rings. The highest BCUT2D eigenvalue weighted by Crippen LogP contribution is 2.36. The molecule has 0 bridgehead atoms. The summed E-state index contributed by atoms with van der Waals surface area (Å²) in [4.78, 5) is 49.3. The molecule has 3 rings (SSSR count). The average Bonchev–Trinajstić information content (AvgIpc) is 2.78. The van der Waals surface area contributed by atoms with Gasteiger partial charge in [-0.15, -0.1) is 11.8 Å². The van der Waals surface area contributed by atoms with Crippen LogP contribution in [0.25, 0.3) is 0 Å². The maximum absolute atomic E-state index is 12.4. The largest absolute Gasteiger partial charge is 0.454 e. The Labute approximate surface area is 191 Å². The van der Waals surface area contributed by atoms with Crippen molar-refractivity contribution in [3.8, 4) is 0 Å². The van der Waals surface area contributed by atoms with E-state index in [0.29, 0.717) is 23.4 Å². The summed E-state index contributed by atoms with van der Waals surface area (Å²) in [5.41, 5.74) is 1.81. The lowest BCUT2D eigenvalue weighted by molar-refractivity contribution is -0.116. The lowest BCUT2D eigenvalue weighted by Gasteiger charge is -2.21. The Kier molecular flexibility index (Phi) is 8.05. The maximum atomic E-state index is 12.4. The first-order chi connectivity index (χ1) is 15.4. The van der Waals surface area contributed by atoms with E-state index >= 15 is 0 Å². The topological polar surface area (TPSA) is 102 Å². The van der Waals surface area contributed by atoms with Gasteiger partial charge >= 0.3 is 5.97 Å². The van der Waals surface area contributed by atoms with Gasteiger partial charge in [0.1, 0.15) is 0 Å². The molecule has 1 unspecified atom stereocenters. The summed E-state index contributed by atoms with van der Waals surface area (Å²) in [6.45, 7) is 3.48. The number of esters is 1. The van der Waals surface area contributed by atoms with E-state index in [9.17, 15) is 19.2 Å². The van der Waals surface area contributed by atoms with Crippen LogP contribution in [0.1, 0.15) is 60.2 Å². The minimum Gasteiger partial charge on any atom is -0.454 e. The van der Waals surface area contributed by atoms with Crippen molar-refractivity contribution in [2.45, 2.75) is 49.7 Å². The van der Waals surface area contributed by atoms with Gasteiger partial charge in [-0.1, -0.05) is 19.8 Å². The molecular formula is C24H26N2O5S. The van der Waals surface area contributed by atoms with Crippen LogP contribution in [0.3, 0.4) is 0 Å². The molecule has 168 valence electrons. The third-order valence-electron chi connectivity index (χ3n) is 4.98. The van der Waals surface area contributed by atoms with Gasteiger partial charge in [-0.3, -0.25) is 14.4 Å². The van der Waals surface area contributed by atoms with Crippen LogP contribution in [0.15, 0.2) is 47.4 Å². The first-order valence-electron chi connectivity index (χ1n) is 10.6. The summed E-state index contributed by atoms with van der Waals surface area (Å²) in [6, 6.07) is 11.4. The maximum Gasteiger partial charge on any atom is 0.338 e. The zero-order valence-corrected chi connectivity index (χ0v) is 18.9. The molecule has 0 aliphatic carbocycles. The number of nitrogens with one attached hydrogen (secondary N) is 2. The smallest absolute Gasteiger partial charge is 0.338 e. The molecule has 0 saturated carbocycles. The number of benzene rings is 2. The predicted octanol–water partition coefficient (Wildman–Crippen LogP) is 4.68. The van der Waals surface area contributed by atoms with E-state index in [1.807, 2.05) is 6.92 Å². The summed E-state index contributed by atoms with van der Waals surface area (Å²) < 4.78 is 5.16. The van der Waals surface area contributed by atoms with Crippen molar-refractivity contribution in [2.24, 2.45) is 0 Å². The van der Waals surface area contributed by atoms with Gasteiger partial charge < -0.3 is 15.4 Å². The molecule has 7 nitrogen and oxygen atoms in total. The number of ether oxygens (including phenoxy) is 1. The quantitative estimate of drug-likeness (QED) is 0.324. The number of carbonyl (C=O) groups is 4. The highest BCUT2D eigenvalue weighted by Gasteiger charge is 2.24. The van der Waals surface area contributed by atoms with Crippen molar-refractivity contribution in [1.82, 2.24) is 0 Å². The van der Waals surface area contributed by atoms with Gasteiger partial charge in [0.15, 0.2) is 12.4 Å². The second kappa shape index (κ2) is 10.9. The molecule has 0 spiro atoms. The Balaban J connectivity index is 1.52. The van der Waals surface area contributed by atoms with Crippen LogP contribution in [0.5, 0.6) is 0 Å². The number of ketones is 1. The third-order valence-corrected chi connectivity index (χ3v) is 6.16. The molecule has 2 aromatic carbocycles. The zero-order chi connectivity index (χ0) is 23.1. The highest BCUT2D eigenvalue weighted by atomic mass is 32.2. The summed E-state index contributed by atoms with van der Waals surface area (Å²) >= 11 is 1.42. The second-order valence-electron chi connectivity index (χ2n) is 7.54. The van der Waals surface area contributed by atoms with E-state index in [1.54, 1.807) is 42.5 Å². The molecular weight excluding hydrogens is 428 g/mol. The van der Waals surface area contributed by atoms with Crippen molar-refractivity contribution >= 4 is 46.7 Å². The van der Waals surface area contributed by atoms with Crippen LogP contribution < -0.4 is 10.6 Å². The number of Topliss-reactive ketones (excluding diaryl/α,β-unsaturated/α-hetero) is 1. The van der Waals surface area contributed by atoms with Gasteiger partial charge in [0.2, 0.25) is 11.8 Å². The Morgan fingerprint density at radius 2 is 1.78 bits per heavy atom. The van der Waals surface area contributed by atoms with Crippen molar-refractivity contribution in [3.05, 3.63) is 53.6 Å². The van der Waals surface area contributed by atoms with E-state index in [1.165, 1.54) is 11.8 Å². The molecule has 0 aromatic heterocycles. The van der Waals surface area contributed by atoms with Crippen LogP contribution >= 0.6 is 11.8 Å². The number of rotatable bonds is 9. The average molecular weight is 455 g/mol. The van der Waals surface area contributed by atoms with E-state index in [0.717, 1.165) is 24.2 Å². The number of thioether (sulfide) groups is 1. The van der Waals surface area contributed by atoms with E-state index < -0.39 is 12.6 Å². The number of carbonyl (C=O) groups excluding carboxylic acids is 4. The fraction of sp³-hybridized carbons (Fsp3) is 0.333. The molecule has 2 N–H and O–H groups in total. The molecule has 1 aliphatic heterocycles. The van der Waals surface area contributed by atoms with Crippen molar-refractivity contribution in [2.75, 3.05) is 17.2 Å². The van der Waals surface area contributed by atoms with Crippen LogP contribution in [-0.4, -0.2) is 35.4 Å². The predicted molar refractivity (Wildman–Crippen MR) is 124 cm³/mol. The molecule has 8 heteroatoms. The fourth-order valence-electron chi connectivity index (χ4n) is 3.13. The molecule has 1 heterocycles. The Morgan fingerprint density at radius 3 is 2.50 bits per heavy atom. The first-order valence-corrected chi connectivity index (χ1v) is 11.5. The molecule has 1 atom stereocenters. The number of hydrogen-bond donors (Lipinski definition) is 2. The number of hydrogen-bond acceptors (Lipinski definition) is 6. The van der Waals surface area contributed by atoms with Crippen molar-refractivity contribution in [3.63, 3.8) is 0 Å². The summed E-state index contributed by atoms with van der Waals surface area (Å²) in [6.07, 6.45) is 3.38. The Bertz CT molecular complexity index is 1020. The summed E-state index contributed by atoms with van der Waals surface area (Å²) in [5.74, 6) is -1.17. The number of amides is 2. The first kappa shape index (κ1) is 23.5. The summed E-state index contributed by atoms with van der Waals surface area (Å²) in [5, 5.41) is 5.37. The Morgan fingerprint density at radius 1 is 1.06 bits per heavy atom. The standard InChI is InChI=1S/C24H26N2O5S/c1-3-4-5-6-22(28)25-18-10-7-16(8-11-18)20(27)14-31-24(30)17-9-12-21-19(13-17)26-23(29)15(2)32-21/h7-13,15H,3-6,14H2,1-2H3,(H,25,28)(H,26,29). The summed E-state index contributed by atoms with van der Waals surface area (Å²) in [7, 11) is 0. The lowest BCUT2D eigenvalue weighted by Crippen LogP contribution is -2.26. The molecule has 2 aromatic rings. The number of unbranched alkanes of at least 4 members (excludes halogenated alkanes) is 2. The van der Waals surface area contributed by atoms with Gasteiger partial charge in [0.25, 0.3) is 0 Å². The van der Waals surface area contributed by atoms with Crippen LogP contribution in [-0.2, 0) is 14.3 Å². The minimum atomic E-state index is -0.644. The SMILES string of the molecule is CCCCCC(=O)Nc1ccc(C(=O)COC(=O)c2ccc3c(c2)NC(=O)C(C)S3)cc1. The molecule has 32 heavy (non-hydrogen) atoms.